The van der Waals surface area contributed by atoms with Gasteiger partial charge in [0.05, 0.1) is 11.3 Å². The minimum atomic E-state index is -0.377. The SMILES string of the molecule is O=C(CSc1ccc(Cl)cc1)NNC(=O)c1ccccc1Br. The molecule has 0 bridgehead atoms. The smallest absolute Gasteiger partial charge is 0.270 e. The first-order chi connectivity index (χ1) is 10.6. The average Bonchev–Trinajstić information content (AvgIpc) is 2.52. The van der Waals surface area contributed by atoms with Crippen LogP contribution in [0.25, 0.3) is 0 Å². The lowest BCUT2D eigenvalue weighted by atomic mass is 10.2. The van der Waals surface area contributed by atoms with Crippen LogP contribution in [0.1, 0.15) is 10.4 Å². The topological polar surface area (TPSA) is 58.2 Å². The van der Waals surface area contributed by atoms with E-state index in [0.717, 1.165) is 4.90 Å². The molecule has 7 heteroatoms. The number of halogens is 2. The van der Waals surface area contributed by atoms with Crippen LogP contribution in [0.5, 0.6) is 0 Å². The predicted molar refractivity (Wildman–Crippen MR) is 91.9 cm³/mol. The Labute approximate surface area is 145 Å². The largest absolute Gasteiger partial charge is 0.272 e. The minimum absolute atomic E-state index is 0.192. The van der Waals surface area contributed by atoms with Crippen LogP contribution in [-0.4, -0.2) is 17.6 Å². The van der Waals surface area contributed by atoms with Gasteiger partial charge in [-0.15, -0.1) is 11.8 Å². The lowest BCUT2D eigenvalue weighted by molar-refractivity contribution is -0.119. The summed E-state index contributed by atoms with van der Waals surface area (Å²) in [5.41, 5.74) is 5.22. The Morgan fingerprint density at radius 1 is 1.05 bits per heavy atom. The van der Waals surface area contributed by atoms with Crippen molar-refractivity contribution in [3.8, 4) is 0 Å². The quantitative estimate of drug-likeness (QED) is 0.609. The van der Waals surface area contributed by atoms with E-state index >= 15 is 0 Å². The monoisotopic (exact) mass is 398 g/mol. The van der Waals surface area contributed by atoms with E-state index in [1.807, 2.05) is 18.2 Å². The zero-order valence-electron chi connectivity index (χ0n) is 11.3. The molecule has 2 N–H and O–H groups in total. The van der Waals surface area contributed by atoms with Crippen LogP contribution in [0.4, 0.5) is 0 Å². The summed E-state index contributed by atoms with van der Waals surface area (Å²) < 4.78 is 0.664. The Morgan fingerprint density at radius 3 is 2.41 bits per heavy atom. The van der Waals surface area contributed by atoms with Gasteiger partial charge in [-0.1, -0.05) is 23.7 Å². The number of hydrogen-bond acceptors (Lipinski definition) is 3. The summed E-state index contributed by atoms with van der Waals surface area (Å²) in [4.78, 5) is 24.6. The zero-order valence-corrected chi connectivity index (χ0v) is 14.5. The molecule has 0 aliphatic rings. The predicted octanol–water partition coefficient (Wildman–Crippen LogP) is 3.66. The second-order valence-electron chi connectivity index (χ2n) is 4.22. The molecular weight excluding hydrogens is 388 g/mol. The highest BCUT2D eigenvalue weighted by Crippen LogP contribution is 2.20. The van der Waals surface area contributed by atoms with Crippen molar-refractivity contribution in [2.75, 3.05) is 5.75 Å². The zero-order chi connectivity index (χ0) is 15.9. The number of thioether (sulfide) groups is 1. The van der Waals surface area contributed by atoms with E-state index in [9.17, 15) is 9.59 Å². The third-order valence-corrected chi connectivity index (χ3v) is 4.57. The summed E-state index contributed by atoms with van der Waals surface area (Å²) in [6.45, 7) is 0. The second-order valence-corrected chi connectivity index (χ2v) is 6.56. The maximum atomic E-state index is 11.9. The molecule has 2 aromatic carbocycles. The molecule has 0 aliphatic heterocycles. The molecule has 2 aromatic rings. The maximum Gasteiger partial charge on any atom is 0.270 e. The molecule has 22 heavy (non-hydrogen) atoms. The van der Waals surface area contributed by atoms with Crippen molar-refractivity contribution in [3.05, 3.63) is 63.6 Å². The van der Waals surface area contributed by atoms with Crippen molar-refractivity contribution in [2.24, 2.45) is 0 Å². The minimum Gasteiger partial charge on any atom is -0.272 e. The van der Waals surface area contributed by atoms with Crippen molar-refractivity contribution in [1.29, 1.82) is 0 Å². The number of carbonyl (C=O) groups excluding carboxylic acids is 2. The summed E-state index contributed by atoms with van der Waals surface area (Å²) in [5.74, 6) is -0.476. The van der Waals surface area contributed by atoms with E-state index in [4.69, 9.17) is 11.6 Å². The molecule has 114 valence electrons. The highest BCUT2D eigenvalue weighted by atomic mass is 79.9. The van der Waals surface area contributed by atoms with Crippen LogP contribution >= 0.6 is 39.3 Å². The Balaban J connectivity index is 1.79. The number of benzene rings is 2. The number of hydrazine groups is 1. The summed E-state index contributed by atoms with van der Waals surface area (Å²) in [6.07, 6.45) is 0. The first kappa shape index (κ1) is 16.9. The fourth-order valence-electron chi connectivity index (χ4n) is 1.55. The van der Waals surface area contributed by atoms with Crippen molar-refractivity contribution in [1.82, 2.24) is 10.9 Å². The number of rotatable bonds is 4. The second kappa shape index (κ2) is 8.22. The molecule has 0 fully saturated rings. The lowest BCUT2D eigenvalue weighted by Gasteiger charge is -2.08. The molecule has 2 rings (SSSR count). The van der Waals surface area contributed by atoms with Gasteiger partial charge in [0.1, 0.15) is 0 Å². The van der Waals surface area contributed by atoms with Crippen LogP contribution in [0.15, 0.2) is 57.9 Å². The number of carbonyl (C=O) groups is 2. The lowest BCUT2D eigenvalue weighted by Crippen LogP contribution is -2.42. The fraction of sp³-hybridized carbons (Fsp3) is 0.0667. The van der Waals surface area contributed by atoms with Crippen LogP contribution in [0.2, 0.25) is 5.02 Å². The molecule has 0 saturated heterocycles. The first-order valence-electron chi connectivity index (χ1n) is 6.28. The van der Waals surface area contributed by atoms with E-state index in [-0.39, 0.29) is 17.6 Å². The fourth-order valence-corrected chi connectivity index (χ4v) is 2.84. The Bertz CT molecular complexity index is 679. The Hall–Kier alpha value is -1.50. The summed E-state index contributed by atoms with van der Waals surface area (Å²) >= 11 is 10.4. The van der Waals surface area contributed by atoms with E-state index in [1.165, 1.54) is 11.8 Å². The van der Waals surface area contributed by atoms with Crippen molar-refractivity contribution >= 4 is 51.1 Å². The van der Waals surface area contributed by atoms with Gasteiger partial charge in [-0.3, -0.25) is 20.4 Å². The van der Waals surface area contributed by atoms with Gasteiger partial charge in [0, 0.05) is 14.4 Å². The molecule has 0 spiro atoms. The molecule has 4 nitrogen and oxygen atoms in total. The average molecular weight is 400 g/mol. The standard InChI is InChI=1S/C15H12BrClN2O2S/c16-13-4-2-1-3-12(13)15(21)19-18-14(20)9-22-11-7-5-10(17)6-8-11/h1-8H,9H2,(H,18,20)(H,19,21). The van der Waals surface area contributed by atoms with Gasteiger partial charge in [0.15, 0.2) is 0 Å². The highest BCUT2D eigenvalue weighted by molar-refractivity contribution is 9.10. The third-order valence-electron chi connectivity index (χ3n) is 2.62. The molecule has 0 aromatic heterocycles. The molecule has 2 amide bonds. The van der Waals surface area contributed by atoms with Crippen LogP contribution in [0.3, 0.4) is 0 Å². The van der Waals surface area contributed by atoms with Gasteiger partial charge in [-0.05, 0) is 52.3 Å². The summed E-state index contributed by atoms with van der Waals surface area (Å²) in [5, 5.41) is 0.648. The Morgan fingerprint density at radius 2 is 1.73 bits per heavy atom. The molecule has 0 atom stereocenters. The number of amides is 2. The molecule has 0 unspecified atom stereocenters. The van der Waals surface area contributed by atoms with Crippen molar-refractivity contribution < 1.29 is 9.59 Å². The maximum absolute atomic E-state index is 11.9. The van der Waals surface area contributed by atoms with Crippen LogP contribution in [0, 0.1) is 0 Å². The molecule has 0 saturated carbocycles. The normalized spacial score (nSPS) is 10.1. The van der Waals surface area contributed by atoms with E-state index < -0.39 is 0 Å². The molecule has 0 aliphatic carbocycles. The molecular formula is C15H12BrClN2O2S. The third kappa shape index (κ3) is 5.05. The first-order valence-corrected chi connectivity index (χ1v) is 8.44. The van der Waals surface area contributed by atoms with Crippen LogP contribution < -0.4 is 10.9 Å². The summed E-state index contributed by atoms with van der Waals surface area (Å²) in [7, 11) is 0. The van der Waals surface area contributed by atoms with Gasteiger partial charge < -0.3 is 0 Å². The number of hydrogen-bond donors (Lipinski definition) is 2. The van der Waals surface area contributed by atoms with Crippen molar-refractivity contribution in [2.45, 2.75) is 4.90 Å². The van der Waals surface area contributed by atoms with Crippen molar-refractivity contribution in [3.63, 3.8) is 0 Å². The van der Waals surface area contributed by atoms with E-state index in [2.05, 4.69) is 26.8 Å². The highest BCUT2D eigenvalue weighted by Gasteiger charge is 2.10. The number of nitrogens with one attached hydrogen (secondary N) is 2. The van der Waals surface area contributed by atoms with E-state index in [1.54, 1.807) is 30.3 Å². The summed E-state index contributed by atoms with van der Waals surface area (Å²) in [6, 6.07) is 14.2. The molecule has 0 heterocycles. The Kier molecular flexibility index (Phi) is 6.30. The van der Waals surface area contributed by atoms with Crippen LogP contribution in [-0.2, 0) is 4.79 Å². The molecule has 0 radical (unpaired) electrons. The van der Waals surface area contributed by atoms with Gasteiger partial charge in [-0.25, -0.2) is 0 Å². The van der Waals surface area contributed by atoms with Gasteiger partial charge in [-0.2, -0.15) is 0 Å². The van der Waals surface area contributed by atoms with Gasteiger partial charge in [0.25, 0.3) is 5.91 Å². The van der Waals surface area contributed by atoms with Gasteiger partial charge in [0.2, 0.25) is 5.91 Å². The van der Waals surface area contributed by atoms with Gasteiger partial charge >= 0.3 is 0 Å². The van der Waals surface area contributed by atoms with E-state index in [0.29, 0.717) is 15.1 Å².